The van der Waals surface area contributed by atoms with Gasteiger partial charge in [0, 0.05) is 6.54 Å². The van der Waals surface area contributed by atoms with Crippen molar-refractivity contribution in [3.63, 3.8) is 0 Å². The van der Waals surface area contributed by atoms with Gasteiger partial charge >= 0.3 is 5.97 Å². The van der Waals surface area contributed by atoms with Crippen LogP contribution < -0.4 is 5.32 Å². The van der Waals surface area contributed by atoms with Gasteiger partial charge in [-0.05, 0) is 23.5 Å². The van der Waals surface area contributed by atoms with Crippen molar-refractivity contribution < 1.29 is 14.3 Å². The summed E-state index contributed by atoms with van der Waals surface area (Å²) >= 11 is 0. The van der Waals surface area contributed by atoms with Gasteiger partial charge in [0.05, 0.1) is 11.3 Å². The van der Waals surface area contributed by atoms with Gasteiger partial charge in [0.2, 0.25) is 0 Å². The molecule has 1 aromatic carbocycles. The molecule has 0 unspecified atom stereocenters. The predicted molar refractivity (Wildman–Crippen MR) is 70.5 cm³/mol. The molecule has 0 radical (unpaired) electrons. The first-order valence-corrected chi connectivity index (χ1v) is 6.01. The van der Waals surface area contributed by atoms with E-state index in [0.717, 1.165) is 0 Å². The average Bonchev–Trinajstić information content (AvgIpc) is 2.26. The van der Waals surface area contributed by atoms with Gasteiger partial charge in [-0.25, -0.2) is 9.18 Å². The Morgan fingerprint density at radius 1 is 1.44 bits per heavy atom. The number of anilines is 1. The smallest absolute Gasteiger partial charge is 0.337 e. The van der Waals surface area contributed by atoms with Crippen molar-refractivity contribution in [3.05, 3.63) is 29.6 Å². The summed E-state index contributed by atoms with van der Waals surface area (Å²) in [5, 5.41) is 12.0. The molecule has 0 atom stereocenters. The van der Waals surface area contributed by atoms with Crippen LogP contribution in [0.3, 0.4) is 0 Å². The van der Waals surface area contributed by atoms with E-state index in [1.54, 1.807) is 0 Å². The van der Waals surface area contributed by atoms with E-state index >= 15 is 0 Å². The average molecular weight is 253 g/mol. The molecule has 0 aliphatic carbocycles. The summed E-state index contributed by atoms with van der Waals surface area (Å²) in [6.45, 7) is 8.81. The van der Waals surface area contributed by atoms with Crippen LogP contribution in [0, 0.1) is 17.2 Å². The molecule has 0 saturated heterocycles. The van der Waals surface area contributed by atoms with E-state index < -0.39 is 11.8 Å². The number of aromatic carboxylic acids is 1. The van der Waals surface area contributed by atoms with E-state index in [0.29, 0.717) is 12.5 Å². The molecule has 0 aliphatic heterocycles. The van der Waals surface area contributed by atoms with E-state index in [-0.39, 0.29) is 16.7 Å². The lowest BCUT2D eigenvalue weighted by molar-refractivity contribution is 0.0697. The van der Waals surface area contributed by atoms with Gasteiger partial charge in [0.1, 0.15) is 5.82 Å². The Kier molecular flexibility index (Phi) is 4.33. The standard InChI is InChI=1S/C14H20FNO2/c1-9(2)14(3,4)8-16-12-10(13(17)18)6-5-7-11(12)15/h5-7,9,16H,8H2,1-4H3,(H,17,18). The minimum Gasteiger partial charge on any atom is -0.478 e. The molecule has 0 aromatic heterocycles. The van der Waals surface area contributed by atoms with Crippen LogP contribution in [0.15, 0.2) is 18.2 Å². The lowest BCUT2D eigenvalue weighted by atomic mass is 9.81. The lowest BCUT2D eigenvalue weighted by Gasteiger charge is -2.30. The van der Waals surface area contributed by atoms with Crippen LogP contribution in [0.25, 0.3) is 0 Å². The zero-order chi connectivity index (χ0) is 13.9. The van der Waals surface area contributed by atoms with Crippen LogP contribution in [0.1, 0.15) is 38.1 Å². The summed E-state index contributed by atoms with van der Waals surface area (Å²) in [6, 6.07) is 4.06. The molecule has 18 heavy (non-hydrogen) atoms. The molecule has 4 heteroatoms. The molecule has 0 fully saturated rings. The van der Waals surface area contributed by atoms with Gasteiger partial charge in [-0.3, -0.25) is 0 Å². The molecule has 1 aromatic rings. The first kappa shape index (κ1) is 14.5. The fourth-order valence-corrected chi connectivity index (χ4v) is 1.40. The highest BCUT2D eigenvalue weighted by Crippen LogP contribution is 2.28. The fraction of sp³-hybridized carbons (Fsp3) is 0.500. The maximum Gasteiger partial charge on any atom is 0.337 e. The summed E-state index contributed by atoms with van der Waals surface area (Å²) < 4.78 is 13.7. The first-order valence-electron chi connectivity index (χ1n) is 6.01. The molecule has 0 bridgehead atoms. The van der Waals surface area contributed by atoms with Gasteiger partial charge in [-0.1, -0.05) is 33.8 Å². The van der Waals surface area contributed by atoms with Crippen LogP contribution in [-0.4, -0.2) is 17.6 Å². The van der Waals surface area contributed by atoms with Crippen LogP contribution >= 0.6 is 0 Å². The third-order valence-corrected chi connectivity index (χ3v) is 3.53. The highest BCUT2D eigenvalue weighted by molar-refractivity contribution is 5.94. The fourth-order valence-electron chi connectivity index (χ4n) is 1.40. The second-order valence-electron chi connectivity index (χ2n) is 5.46. The highest BCUT2D eigenvalue weighted by Gasteiger charge is 2.23. The number of nitrogens with one attached hydrogen (secondary N) is 1. The van der Waals surface area contributed by atoms with Crippen molar-refractivity contribution in [2.75, 3.05) is 11.9 Å². The van der Waals surface area contributed by atoms with E-state index in [1.165, 1.54) is 18.2 Å². The van der Waals surface area contributed by atoms with Crippen molar-refractivity contribution in [3.8, 4) is 0 Å². The third kappa shape index (κ3) is 3.22. The predicted octanol–water partition coefficient (Wildman–Crippen LogP) is 3.62. The maximum atomic E-state index is 13.7. The minimum atomic E-state index is -1.13. The highest BCUT2D eigenvalue weighted by atomic mass is 19.1. The molecule has 0 aliphatic rings. The van der Waals surface area contributed by atoms with Gasteiger partial charge in [-0.15, -0.1) is 0 Å². The number of rotatable bonds is 5. The Morgan fingerprint density at radius 2 is 2.06 bits per heavy atom. The van der Waals surface area contributed by atoms with Gasteiger partial charge < -0.3 is 10.4 Å². The van der Waals surface area contributed by atoms with E-state index in [4.69, 9.17) is 5.11 Å². The van der Waals surface area contributed by atoms with Crippen LogP contribution in [0.5, 0.6) is 0 Å². The molecule has 1 rings (SSSR count). The van der Waals surface area contributed by atoms with Crippen molar-refractivity contribution in [1.82, 2.24) is 0 Å². The zero-order valence-electron chi connectivity index (χ0n) is 11.2. The molecular formula is C14H20FNO2. The van der Waals surface area contributed by atoms with Gasteiger partial charge in [-0.2, -0.15) is 0 Å². The second-order valence-corrected chi connectivity index (χ2v) is 5.46. The topological polar surface area (TPSA) is 49.3 Å². The maximum absolute atomic E-state index is 13.7. The Hall–Kier alpha value is -1.58. The molecule has 0 amide bonds. The lowest BCUT2D eigenvalue weighted by Crippen LogP contribution is -2.29. The van der Waals surface area contributed by atoms with E-state index in [1.807, 2.05) is 0 Å². The number of halogens is 1. The second kappa shape index (κ2) is 5.38. The number of hydrogen-bond donors (Lipinski definition) is 2. The molecule has 0 heterocycles. The number of hydrogen-bond acceptors (Lipinski definition) is 2. The van der Waals surface area contributed by atoms with Crippen molar-refractivity contribution >= 4 is 11.7 Å². The molecule has 0 spiro atoms. The molecule has 100 valence electrons. The minimum absolute atomic E-state index is 0.0328. The number of carboxylic acid groups (broad SMARTS) is 1. The number of carboxylic acids is 1. The summed E-state index contributed by atoms with van der Waals surface area (Å²) in [7, 11) is 0. The van der Waals surface area contributed by atoms with Crippen LogP contribution in [-0.2, 0) is 0 Å². The number of benzene rings is 1. The summed E-state index contributed by atoms with van der Waals surface area (Å²) in [5.74, 6) is -1.25. The molecule has 0 saturated carbocycles. The Labute approximate surface area is 107 Å². The summed E-state index contributed by atoms with van der Waals surface area (Å²) in [4.78, 5) is 11.0. The summed E-state index contributed by atoms with van der Waals surface area (Å²) in [6.07, 6.45) is 0. The number of carbonyl (C=O) groups is 1. The Balaban J connectivity index is 2.95. The number of para-hydroxylation sites is 1. The van der Waals surface area contributed by atoms with Crippen LogP contribution in [0.2, 0.25) is 0 Å². The van der Waals surface area contributed by atoms with E-state index in [2.05, 4.69) is 33.0 Å². The van der Waals surface area contributed by atoms with Gasteiger partial charge in [0.25, 0.3) is 0 Å². The first-order chi connectivity index (χ1) is 8.25. The summed E-state index contributed by atoms with van der Waals surface area (Å²) in [5.41, 5.74) is -0.00815. The van der Waals surface area contributed by atoms with Crippen molar-refractivity contribution in [1.29, 1.82) is 0 Å². The van der Waals surface area contributed by atoms with Gasteiger partial charge in [0.15, 0.2) is 0 Å². The van der Waals surface area contributed by atoms with Crippen LogP contribution in [0.4, 0.5) is 10.1 Å². The molecular weight excluding hydrogens is 233 g/mol. The van der Waals surface area contributed by atoms with Crippen molar-refractivity contribution in [2.24, 2.45) is 11.3 Å². The largest absolute Gasteiger partial charge is 0.478 e. The van der Waals surface area contributed by atoms with E-state index in [9.17, 15) is 9.18 Å². The monoisotopic (exact) mass is 253 g/mol. The normalized spacial score (nSPS) is 11.7. The molecule has 2 N–H and O–H groups in total. The Bertz CT molecular complexity index is 441. The SMILES string of the molecule is CC(C)C(C)(C)CNc1c(F)cccc1C(=O)O. The zero-order valence-corrected chi connectivity index (χ0v) is 11.2. The quantitative estimate of drug-likeness (QED) is 0.842. The van der Waals surface area contributed by atoms with Crippen molar-refractivity contribution in [2.45, 2.75) is 27.7 Å². The molecule has 3 nitrogen and oxygen atoms in total. The Morgan fingerprint density at radius 3 is 2.56 bits per heavy atom. The third-order valence-electron chi connectivity index (χ3n) is 3.53.